The Balaban J connectivity index is 2.19. The van der Waals surface area contributed by atoms with Gasteiger partial charge >= 0.3 is 0 Å². The molecule has 1 aromatic heterocycles. The number of carbonyl (C=O) groups is 1. The minimum atomic E-state index is -0.155. The SMILES string of the molecule is COCc1ccc(C(=O)N(Cc2ccccc2Cl)C(C)C)o1. The molecule has 2 aromatic rings. The molecule has 4 nitrogen and oxygen atoms in total. The van der Waals surface area contributed by atoms with E-state index in [1.165, 1.54) is 0 Å². The lowest BCUT2D eigenvalue weighted by Gasteiger charge is -2.26. The van der Waals surface area contributed by atoms with E-state index in [-0.39, 0.29) is 11.9 Å². The van der Waals surface area contributed by atoms with E-state index in [1.54, 1.807) is 24.1 Å². The van der Waals surface area contributed by atoms with Gasteiger partial charge in [0.05, 0.1) is 0 Å². The van der Waals surface area contributed by atoms with Crippen LogP contribution in [0.5, 0.6) is 0 Å². The Morgan fingerprint density at radius 1 is 1.27 bits per heavy atom. The molecule has 0 saturated carbocycles. The average Bonchev–Trinajstić information content (AvgIpc) is 2.94. The molecule has 118 valence electrons. The fourth-order valence-corrected chi connectivity index (χ4v) is 2.35. The lowest BCUT2D eigenvalue weighted by molar-refractivity contribution is 0.0650. The molecule has 0 N–H and O–H groups in total. The highest BCUT2D eigenvalue weighted by Crippen LogP contribution is 2.20. The number of rotatable bonds is 6. The quantitative estimate of drug-likeness (QED) is 0.803. The van der Waals surface area contributed by atoms with Crippen molar-refractivity contribution in [3.8, 4) is 0 Å². The van der Waals surface area contributed by atoms with Crippen LogP contribution >= 0.6 is 11.6 Å². The van der Waals surface area contributed by atoms with Crippen molar-refractivity contribution in [2.75, 3.05) is 7.11 Å². The van der Waals surface area contributed by atoms with Crippen molar-refractivity contribution in [3.63, 3.8) is 0 Å². The number of hydrogen-bond donors (Lipinski definition) is 0. The minimum absolute atomic E-state index is 0.0275. The monoisotopic (exact) mass is 321 g/mol. The number of nitrogens with zero attached hydrogens (tertiary/aromatic N) is 1. The van der Waals surface area contributed by atoms with Crippen molar-refractivity contribution in [2.45, 2.75) is 33.0 Å². The topological polar surface area (TPSA) is 42.7 Å². The maximum atomic E-state index is 12.7. The van der Waals surface area contributed by atoms with Crippen LogP contribution in [0.15, 0.2) is 40.8 Å². The fraction of sp³-hybridized carbons (Fsp3) is 0.353. The first-order chi connectivity index (χ1) is 10.5. The zero-order valence-corrected chi connectivity index (χ0v) is 13.8. The molecule has 0 radical (unpaired) electrons. The molecule has 0 spiro atoms. The maximum Gasteiger partial charge on any atom is 0.290 e. The zero-order chi connectivity index (χ0) is 16.1. The van der Waals surface area contributed by atoms with Crippen LogP contribution in [0.1, 0.15) is 35.7 Å². The third-order valence-corrected chi connectivity index (χ3v) is 3.71. The van der Waals surface area contributed by atoms with Gasteiger partial charge in [0.15, 0.2) is 5.76 Å². The Hall–Kier alpha value is -1.78. The van der Waals surface area contributed by atoms with Gasteiger partial charge in [0.25, 0.3) is 5.91 Å². The lowest BCUT2D eigenvalue weighted by Crippen LogP contribution is -2.36. The summed E-state index contributed by atoms with van der Waals surface area (Å²) >= 11 is 6.19. The summed E-state index contributed by atoms with van der Waals surface area (Å²) in [5.74, 6) is 0.789. The number of ether oxygens (including phenoxy) is 1. The second-order valence-electron chi connectivity index (χ2n) is 5.32. The first kappa shape index (κ1) is 16.6. The Kier molecular flexibility index (Phi) is 5.63. The molecule has 0 unspecified atom stereocenters. The standard InChI is InChI=1S/C17H20ClNO3/c1-12(2)19(10-13-6-4-5-7-15(13)18)17(20)16-9-8-14(22-16)11-21-3/h4-9,12H,10-11H2,1-3H3. The first-order valence-corrected chi connectivity index (χ1v) is 7.52. The van der Waals surface area contributed by atoms with E-state index in [4.69, 9.17) is 20.8 Å². The number of benzene rings is 1. The maximum absolute atomic E-state index is 12.7. The van der Waals surface area contributed by atoms with Crippen LogP contribution in [-0.2, 0) is 17.9 Å². The number of amides is 1. The highest BCUT2D eigenvalue weighted by Gasteiger charge is 2.22. The summed E-state index contributed by atoms with van der Waals surface area (Å²) in [4.78, 5) is 14.4. The summed E-state index contributed by atoms with van der Waals surface area (Å²) < 4.78 is 10.5. The number of furan rings is 1. The summed E-state index contributed by atoms with van der Waals surface area (Å²) in [5.41, 5.74) is 0.912. The first-order valence-electron chi connectivity index (χ1n) is 7.15. The smallest absolute Gasteiger partial charge is 0.290 e. The Morgan fingerprint density at radius 3 is 2.64 bits per heavy atom. The molecular weight excluding hydrogens is 302 g/mol. The van der Waals surface area contributed by atoms with Gasteiger partial charge in [-0.05, 0) is 37.6 Å². The Labute approximate surface area is 135 Å². The molecule has 2 rings (SSSR count). The van der Waals surface area contributed by atoms with Crippen molar-refractivity contribution < 1.29 is 13.9 Å². The van der Waals surface area contributed by atoms with Crippen LogP contribution in [0.4, 0.5) is 0 Å². The van der Waals surface area contributed by atoms with E-state index in [9.17, 15) is 4.79 Å². The van der Waals surface area contributed by atoms with Gasteiger partial charge in [0.2, 0.25) is 0 Å². The second-order valence-corrected chi connectivity index (χ2v) is 5.72. The van der Waals surface area contributed by atoms with Crippen LogP contribution < -0.4 is 0 Å². The van der Waals surface area contributed by atoms with Gasteiger partial charge in [-0.1, -0.05) is 29.8 Å². The Morgan fingerprint density at radius 2 is 2.00 bits per heavy atom. The normalized spacial score (nSPS) is 11.0. The van der Waals surface area contributed by atoms with E-state index in [0.29, 0.717) is 29.7 Å². The molecule has 0 bridgehead atoms. The van der Waals surface area contributed by atoms with Crippen molar-refractivity contribution in [3.05, 3.63) is 58.5 Å². The van der Waals surface area contributed by atoms with E-state index in [1.807, 2.05) is 38.1 Å². The molecular formula is C17H20ClNO3. The number of carbonyl (C=O) groups excluding carboxylic acids is 1. The van der Waals surface area contributed by atoms with Crippen molar-refractivity contribution in [1.29, 1.82) is 0 Å². The summed E-state index contributed by atoms with van der Waals surface area (Å²) in [6, 6.07) is 11.0. The molecule has 1 heterocycles. The van der Waals surface area contributed by atoms with E-state index < -0.39 is 0 Å². The van der Waals surface area contributed by atoms with E-state index >= 15 is 0 Å². The predicted octanol–water partition coefficient (Wildman–Crippen LogP) is 4.13. The van der Waals surface area contributed by atoms with Crippen molar-refractivity contribution in [2.24, 2.45) is 0 Å². The molecule has 0 fully saturated rings. The van der Waals surface area contributed by atoms with E-state index in [0.717, 1.165) is 5.56 Å². The second kappa shape index (κ2) is 7.47. The molecule has 22 heavy (non-hydrogen) atoms. The summed E-state index contributed by atoms with van der Waals surface area (Å²) in [6.07, 6.45) is 0. The van der Waals surface area contributed by atoms with Crippen molar-refractivity contribution >= 4 is 17.5 Å². The summed E-state index contributed by atoms with van der Waals surface area (Å²) in [6.45, 7) is 4.72. The molecule has 1 amide bonds. The van der Waals surface area contributed by atoms with Gasteiger partial charge in [-0.15, -0.1) is 0 Å². The lowest BCUT2D eigenvalue weighted by atomic mass is 10.1. The minimum Gasteiger partial charge on any atom is -0.453 e. The van der Waals surface area contributed by atoms with Crippen LogP contribution in [0.3, 0.4) is 0 Å². The van der Waals surface area contributed by atoms with E-state index in [2.05, 4.69) is 0 Å². The largest absolute Gasteiger partial charge is 0.453 e. The Bertz CT molecular complexity index is 636. The zero-order valence-electron chi connectivity index (χ0n) is 13.0. The number of hydrogen-bond acceptors (Lipinski definition) is 3. The van der Waals surface area contributed by atoms with Crippen LogP contribution in [0, 0.1) is 0 Å². The van der Waals surface area contributed by atoms with Gasteiger partial charge in [-0.3, -0.25) is 4.79 Å². The number of halogens is 1. The molecule has 5 heteroatoms. The summed E-state index contributed by atoms with van der Waals surface area (Å²) in [5, 5.41) is 0.653. The van der Waals surface area contributed by atoms with Crippen LogP contribution in [0.2, 0.25) is 5.02 Å². The van der Waals surface area contributed by atoms with Gasteiger partial charge in [-0.25, -0.2) is 0 Å². The molecule has 1 aromatic carbocycles. The van der Waals surface area contributed by atoms with Gasteiger partial charge < -0.3 is 14.1 Å². The fourth-order valence-electron chi connectivity index (χ4n) is 2.15. The number of methoxy groups -OCH3 is 1. The van der Waals surface area contributed by atoms with Gasteiger partial charge in [-0.2, -0.15) is 0 Å². The third kappa shape index (κ3) is 3.90. The van der Waals surface area contributed by atoms with Crippen LogP contribution in [0.25, 0.3) is 0 Å². The molecule has 0 aliphatic rings. The highest BCUT2D eigenvalue weighted by molar-refractivity contribution is 6.31. The average molecular weight is 322 g/mol. The van der Waals surface area contributed by atoms with Gasteiger partial charge in [0, 0.05) is 24.7 Å². The third-order valence-electron chi connectivity index (χ3n) is 3.34. The predicted molar refractivity (Wildman–Crippen MR) is 85.9 cm³/mol. The van der Waals surface area contributed by atoms with Crippen molar-refractivity contribution in [1.82, 2.24) is 4.90 Å². The molecule has 0 aliphatic carbocycles. The molecule has 0 saturated heterocycles. The molecule has 0 atom stereocenters. The van der Waals surface area contributed by atoms with Gasteiger partial charge in [0.1, 0.15) is 12.4 Å². The highest BCUT2D eigenvalue weighted by atomic mass is 35.5. The molecule has 0 aliphatic heterocycles. The summed E-state index contributed by atoms with van der Waals surface area (Å²) in [7, 11) is 1.59. The van der Waals surface area contributed by atoms with Crippen LogP contribution in [-0.4, -0.2) is 24.0 Å².